The maximum Gasteiger partial charge on any atom is 0.257 e. The van der Waals surface area contributed by atoms with E-state index in [1.807, 2.05) is 6.92 Å². The Morgan fingerprint density at radius 2 is 2.07 bits per heavy atom. The van der Waals surface area contributed by atoms with E-state index in [0.29, 0.717) is 31.3 Å². The van der Waals surface area contributed by atoms with Gasteiger partial charge in [0.15, 0.2) is 5.13 Å². The van der Waals surface area contributed by atoms with Crippen LogP contribution in [0.2, 0.25) is 0 Å². The first-order chi connectivity index (χ1) is 13.5. The number of aliphatic hydroxyl groups excluding tert-OH is 1. The van der Waals surface area contributed by atoms with Crippen molar-refractivity contribution in [1.82, 2.24) is 14.2 Å². The second-order valence-corrected chi connectivity index (χ2v) is 9.34. The van der Waals surface area contributed by atoms with Crippen molar-refractivity contribution in [3.05, 3.63) is 41.4 Å². The summed E-state index contributed by atoms with van der Waals surface area (Å²) in [6, 6.07) is 6.10. The highest BCUT2D eigenvalue weighted by molar-refractivity contribution is 7.89. The first-order valence-corrected chi connectivity index (χ1v) is 11.4. The molecule has 3 rings (SSSR count). The molecule has 1 aliphatic heterocycles. The largest absolute Gasteiger partial charge is 0.395 e. The van der Waals surface area contributed by atoms with Gasteiger partial charge in [0.1, 0.15) is 0 Å². The maximum absolute atomic E-state index is 13.0. The second-order valence-electron chi connectivity index (χ2n) is 6.50. The van der Waals surface area contributed by atoms with E-state index in [9.17, 15) is 18.3 Å². The maximum atomic E-state index is 13.0. The molecule has 0 spiro atoms. The third kappa shape index (κ3) is 4.58. The van der Waals surface area contributed by atoms with Crippen LogP contribution in [-0.2, 0) is 10.0 Å². The van der Waals surface area contributed by atoms with Crippen LogP contribution in [0.1, 0.15) is 23.7 Å². The van der Waals surface area contributed by atoms with Gasteiger partial charge in [-0.15, -0.1) is 11.3 Å². The van der Waals surface area contributed by atoms with Crippen LogP contribution in [0.5, 0.6) is 0 Å². The number of benzene rings is 1. The summed E-state index contributed by atoms with van der Waals surface area (Å²) in [5.41, 5.74) is 0.265. The number of sulfonamides is 1. The van der Waals surface area contributed by atoms with Crippen LogP contribution in [0, 0.1) is 0 Å². The van der Waals surface area contributed by atoms with Gasteiger partial charge in [0.25, 0.3) is 5.91 Å². The molecule has 0 unspecified atom stereocenters. The number of anilines is 1. The molecule has 0 saturated carbocycles. The number of nitrogens with zero attached hydrogens (tertiary/aromatic N) is 3. The van der Waals surface area contributed by atoms with Crippen molar-refractivity contribution in [3.8, 4) is 0 Å². The Morgan fingerprint density at radius 1 is 1.32 bits per heavy atom. The van der Waals surface area contributed by atoms with Crippen molar-refractivity contribution in [1.29, 1.82) is 0 Å². The molecule has 10 heteroatoms. The number of nitrogens with one attached hydrogen (secondary N) is 1. The average molecular weight is 425 g/mol. The molecule has 2 heterocycles. The summed E-state index contributed by atoms with van der Waals surface area (Å²) in [5.74, 6) is -0.398. The van der Waals surface area contributed by atoms with Crippen LogP contribution in [0.3, 0.4) is 0 Å². The normalized spacial score (nSPS) is 17.4. The molecule has 2 aromatic rings. The number of aliphatic hydroxyl groups is 1. The Hall–Kier alpha value is -1.85. The number of piperazine rings is 1. The summed E-state index contributed by atoms with van der Waals surface area (Å²) in [6.07, 6.45) is 2.40. The van der Waals surface area contributed by atoms with Crippen molar-refractivity contribution in [2.75, 3.05) is 38.1 Å². The van der Waals surface area contributed by atoms with Gasteiger partial charge < -0.3 is 5.11 Å². The number of amides is 1. The molecule has 1 saturated heterocycles. The lowest BCUT2D eigenvalue weighted by Crippen LogP contribution is -2.52. The van der Waals surface area contributed by atoms with Crippen LogP contribution in [0.4, 0.5) is 5.13 Å². The number of carbonyl (C=O) groups is 1. The molecule has 0 aliphatic carbocycles. The third-order valence-electron chi connectivity index (χ3n) is 4.86. The molecule has 28 heavy (non-hydrogen) atoms. The van der Waals surface area contributed by atoms with Gasteiger partial charge in [-0.05, 0) is 24.6 Å². The number of rotatable bonds is 7. The van der Waals surface area contributed by atoms with Gasteiger partial charge in [-0.2, -0.15) is 4.31 Å². The lowest BCUT2D eigenvalue weighted by Gasteiger charge is -2.37. The molecule has 2 N–H and O–H groups in total. The zero-order valence-electron chi connectivity index (χ0n) is 15.6. The number of hydrogen-bond acceptors (Lipinski definition) is 7. The molecule has 0 radical (unpaired) electrons. The first-order valence-electron chi connectivity index (χ1n) is 9.11. The fraction of sp³-hybridized carbons (Fsp3) is 0.444. The van der Waals surface area contributed by atoms with E-state index in [4.69, 9.17) is 0 Å². The molecule has 1 atom stereocenters. The molecule has 1 aromatic carbocycles. The van der Waals surface area contributed by atoms with Gasteiger partial charge in [0, 0.05) is 49.4 Å². The van der Waals surface area contributed by atoms with Crippen molar-refractivity contribution >= 4 is 32.4 Å². The van der Waals surface area contributed by atoms with Gasteiger partial charge in [0.05, 0.1) is 11.5 Å². The minimum atomic E-state index is -3.69. The van der Waals surface area contributed by atoms with E-state index < -0.39 is 15.9 Å². The van der Waals surface area contributed by atoms with Crippen LogP contribution in [0.25, 0.3) is 0 Å². The Bertz CT molecular complexity index is 890. The van der Waals surface area contributed by atoms with E-state index in [1.54, 1.807) is 23.7 Å². The molecule has 1 fully saturated rings. The summed E-state index contributed by atoms with van der Waals surface area (Å²) >= 11 is 1.29. The van der Waals surface area contributed by atoms with E-state index in [-0.39, 0.29) is 23.1 Å². The number of carbonyl (C=O) groups excluding carboxylic acids is 1. The summed E-state index contributed by atoms with van der Waals surface area (Å²) in [7, 11) is -3.69. The van der Waals surface area contributed by atoms with Crippen LogP contribution in [0.15, 0.2) is 40.7 Å². The van der Waals surface area contributed by atoms with Crippen molar-refractivity contribution < 1.29 is 18.3 Å². The fourth-order valence-electron chi connectivity index (χ4n) is 3.21. The van der Waals surface area contributed by atoms with Crippen molar-refractivity contribution in [3.63, 3.8) is 0 Å². The van der Waals surface area contributed by atoms with E-state index >= 15 is 0 Å². The number of thiazole rings is 1. The second kappa shape index (κ2) is 9.10. The predicted molar refractivity (Wildman–Crippen MR) is 108 cm³/mol. The smallest absolute Gasteiger partial charge is 0.257 e. The van der Waals surface area contributed by atoms with Crippen LogP contribution >= 0.6 is 11.3 Å². The SMILES string of the molecule is CC[C@@H](CO)N1CCN(S(=O)(=O)c2cccc(C(=O)Nc3nccs3)c2)CC1. The number of aromatic nitrogens is 1. The molecule has 1 aliphatic rings. The quantitative estimate of drug-likeness (QED) is 0.698. The zero-order chi connectivity index (χ0) is 20.1. The lowest BCUT2D eigenvalue weighted by molar-refractivity contribution is 0.0881. The Labute approximate surface area is 168 Å². The monoisotopic (exact) mass is 424 g/mol. The highest BCUT2D eigenvalue weighted by Crippen LogP contribution is 2.21. The molecular formula is C18H24N4O4S2. The third-order valence-corrected chi connectivity index (χ3v) is 7.44. The van der Waals surface area contributed by atoms with E-state index in [0.717, 1.165) is 6.42 Å². The Balaban J connectivity index is 1.71. The van der Waals surface area contributed by atoms with E-state index in [1.165, 1.54) is 27.8 Å². The minimum Gasteiger partial charge on any atom is -0.395 e. The van der Waals surface area contributed by atoms with Gasteiger partial charge in [0.2, 0.25) is 10.0 Å². The van der Waals surface area contributed by atoms with Crippen molar-refractivity contribution in [2.45, 2.75) is 24.3 Å². The summed E-state index contributed by atoms with van der Waals surface area (Å²) in [4.78, 5) is 18.6. The number of hydrogen-bond donors (Lipinski definition) is 2. The van der Waals surface area contributed by atoms with Gasteiger partial charge in [-0.1, -0.05) is 13.0 Å². The minimum absolute atomic E-state index is 0.0581. The summed E-state index contributed by atoms with van der Waals surface area (Å²) in [5, 5.41) is 14.3. The highest BCUT2D eigenvalue weighted by atomic mass is 32.2. The standard InChI is InChI=1S/C18H24N4O4S2/c1-2-15(13-23)21-7-9-22(10-8-21)28(25,26)16-5-3-4-14(12-16)17(24)20-18-19-6-11-27-18/h3-6,11-12,15,23H,2,7-10,13H2,1H3,(H,19,20,24)/t15-/m0/s1. The van der Waals surface area contributed by atoms with Crippen molar-refractivity contribution in [2.24, 2.45) is 0 Å². The summed E-state index contributed by atoms with van der Waals surface area (Å²) < 4.78 is 27.5. The molecule has 1 aromatic heterocycles. The topological polar surface area (TPSA) is 103 Å². The zero-order valence-corrected chi connectivity index (χ0v) is 17.2. The first kappa shape index (κ1) is 20.9. The van der Waals surface area contributed by atoms with Gasteiger partial charge in [-0.25, -0.2) is 13.4 Å². The lowest BCUT2D eigenvalue weighted by atomic mass is 10.2. The van der Waals surface area contributed by atoms with Gasteiger partial charge >= 0.3 is 0 Å². The fourth-order valence-corrected chi connectivity index (χ4v) is 5.21. The Morgan fingerprint density at radius 3 is 2.68 bits per heavy atom. The molecule has 8 nitrogen and oxygen atoms in total. The highest BCUT2D eigenvalue weighted by Gasteiger charge is 2.30. The molecular weight excluding hydrogens is 400 g/mol. The predicted octanol–water partition coefficient (Wildman–Crippen LogP) is 1.47. The van der Waals surface area contributed by atoms with E-state index in [2.05, 4.69) is 15.2 Å². The Kier molecular flexibility index (Phi) is 6.78. The summed E-state index contributed by atoms with van der Waals surface area (Å²) in [6.45, 7) is 3.93. The van der Waals surface area contributed by atoms with Gasteiger partial charge in [-0.3, -0.25) is 15.0 Å². The molecule has 1 amide bonds. The average Bonchev–Trinajstić information content (AvgIpc) is 3.22. The van der Waals surface area contributed by atoms with Crippen LogP contribution < -0.4 is 5.32 Å². The molecule has 152 valence electrons. The molecule has 0 bridgehead atoms. The van der Waals surface area contributed by atoms with Crippen LogP contribution in [-0.4, -0.2) is 72.4 Å².